The van der Waals surface area contributed by atoms with Gasteiger partial charge in [-0.05, 0) is 37.6 Å². The molecule has 2 rings (SSSR count). The number of benzene rings is 1. The smallest absolute Gasteiger partial charge is 0.258 e. The first kappa shape index (κ1) is 13.9. The van der Waals surface area contributed by atoms with Crippen molar-refractivity contribution in [1.82, 2.24) is 0 Å². The van der Waals surface area contributed by atoms with Crippen molar-refractivity contribution < 1.29 is 14.3 Å². The fourth-order valence-electron chi connectivity index (χ4n) is 1.76. The number of carbonyl (C=O) groups is 1. The number of aliphatic hydroxyl groups excluding tert-OH is 1. The molecule has 0 aliphatic rings. The summed E-state index contributed by atoms with van der Waals surface area (Å²) in [5, 5.41) is 11.6. The predicted octanol–water partition coefficient (Wildman–Crippen LogP) is 2.49. The number of amides is 1. The van der Waals surface area contributed by atoms with Crippen molar-refractivity contribution in [3.63, 3.8) is 0 Å². The molecule has 102 valence electrons. The lowest BCUT2D eigenvalue weighted by Gasteiger charge is -2.07. The van der Waals surface area contributed by atoms with Crippen LogP contribution in [0.15, 0.2) is 34.9 Å². The number of nitrogens with one attached hydrogen (secondary N) is 1. The van der Waals surface area contributed by atoms with E-state index in [1.807, 2.05) is 25.1 Å². The summed E-state index contributed by atoms with van der Waals surface area (Å²) in [7, 11) is 0. The number of aryl methyl sites for hydroxylation is 2. The molecule has 0 atom stereocenters. The molecule has 1 aromatic heterocycles. The Kier molecular flexibility index (Phi) is 4.24. The molecule has 4 nitrogen and oxygen atoms in total. The van der Waals surface area contributed by atoms with Crippen molar-refractivity contribution in [1.29, 1.82) is 0 Å². The Morgan fingerprint density at radius 2 is 2.15 bits per heavy atom. The van der Waals surface area contributed by atoms with Crippen LogP contribution >= 0.6 is 0 Å². The molecule has 0 aliphatic heterocycles. The molecule has 0 saturated carbocycles. The van der Waals surface area contributed by atoms with Crippen LogP contribution in [0.25, 0.3) is 0 Å². The molecule has 0 radical (unpaired) electrons. The second-order valence-corrected chi connectivity index (χ2v) is 4.41. The normalized spacial score (nSPS) is 9.75. The first-order valence-electron chi connectivity index (χ1n) is 6.17. The Morgan fingerprint density at radius 1 is 1.35 bits per heavy atom. The summed E-state index contributed by atoms with van der Waals surface area (Å²) in [4.78, 5) is 12.1. The van der Waals surface area contributed by atoms with Gasteiger partial charge in [0.05, 0.1) is 11.3 Å². The van der Waals surface area contributed by atoms with E-state index in [9.17, 15) is 4.79 Å². The minimum absolute atomic E-state index is 0.220. The van der Waals surface area contributed by atoms with Gasteiger partial charge in [-0.15, -0.1) is 0 Å². The molecule has 4 heteroatoms. The number of aliphatic hydroxyl groups is 1. The van der Waals surface area contributed by atoms with E-state index in [1.54, 1.807) is 13.0 Å². The minimum Gasteiger partial charge on any atom is -0.469 e. The number of anilines is 1. The number of rotatable bonds is 2. The maximum Gasteiger partial charge on any atom is 0.258 e. The lowest BCUT2D eigenvalue weighted by molar-refractivity contribution is 0.102. The van der Waals surface area contributed by atoms with Crippen molar-refractivity contribution >= 4 is 11.6 Å². The first-order chi connectivity index (χ1) is 9.60. The number of hydrogen-bond acceptors (Lipinski definition) is 3. The third-order valence-corrected chi connectivity index (χ3v) is 2.72. The molecule has 1 heterocycles. The molecule has 2 N–H and O–H groups in total. The summed E-state index contributed by atoms with van der Waals surface area (Å²) in [6.45, 7) is 3.49. The molecule has 0 aliphatic carbocycles. The molecule has 0 bridgehead atoms. The van der Waals surface area contributed by atoms with Crippen molar-refractivity contribution in [2.75, 3.05) is 11.9 Å². The fraction of sp³-hybridized carbons (Fsp3) is 0.188. The molecule has 0 fully saturated rings. The van der Waals surface area contributed by atoms with Crippen LogP contribution < -0.4 is 5.32 Å². The average Bonchev–Trinajstić information content (AvgIpc) is 2.85. The number of furan rings is 1. The van der Waals surface area contributed by atoms with E-state index in [4.69, 9.17) is 9.52 Å². The minimum atomic E-state index is -0.250. The highest BCUT2D eigenvalue weighted by atomic mass is 16.3. The molecule has 2 aromatic rings. The van der Waals surface area contributed by atoms with E-state index in [0.717, 1.165) is 5.56 Å². The standard InChI is InChI=1S/C16H15NO3/c1-11-5-6-13(4-3-7-18)15(8-11)17-16(19)14-9-12(2)20-10-14/h5-6,8-10,18H,7H2,1-2H3,(H,17,19). The monoisotopic (exact) mass is 269 g/mol. The maximum absolute atomic E-state index is 12.1. The maximum atomic E-state index is 12.1. The molecule has 1 amide bonds. The summed E-state index contributed by atoms with van der Waals surface area (Å²) in [6.07, 6.45) is 1.42. The van der Waals surface area contributed by atoms with Crippen molar-refractivity contribution in [2.24, 2.45) is 0 Å². The van der Waals surface area contributed by atoms with Crippen LogP contribution in [0.1, 0.15) is 27.2 Å². The average molecular weight is 269 g/mol. The lowest BCUT2D eigenvalue weighted by Crippen LogP contribution is -2.12. The Hall–Kier alpha value is -2.51. The van der Waals surface area contributed by atoms with Gasteiger partial charge < -0.3 is 14.8 Å². The van der Waals surface area contributed by atoms with E-state index in [2.05, 4.69) is 17.2 Å². The lowest BCUT2D eigenvalue weighted by atomic mass is 10.1. The summed E-state index contributed by atoms with van der Waals surface area (Å²) in [5.41, 5.74) is 2.76. The molecular weight excluding hydrogens is 254 g/mol. The molecule has 1 aromatic carbocycles. The summed E-state index contributed by atoms with van der Waals surface area (Å²) < 4.78 is 5.12. The summed E-state index contributed by atoms with van der Waals surface area (Å²) >= 11 is 0. The first-order valence-corrected chi connectivity index (χ1v) is 6.17. The van der Waals surface area contributed by atoms with Gasteiger partial charge in [-0.25, -0.2) is 0 Å². The van der Waals surface area contributed by atoms with Gasteiger partial charge in [0.25, 0.3) is 5.91 Å². The van der Waals surface area contributed by atoms with E-state index < -0.39 is 0 Å². The zero-order chi connectivity index (χ0) is 14.5. The van der Waals surface area contributed by atoms with Crippen molar-refractivity contribution in [3.8, 4) is 11.8 Å². The quantitative estimate of drug-likeness (QED) is 0.823. The summed E-state index contributed by atoms with van der Waals surface area (Å²) in [6, 6.07) is 7.23. The molecular formula is C16H15NO3. The van der Waals surface area contributed by atoms with Gasteiger partial charge in [0.15, 0.2) is 0 Å². The van der Waals surface area contributed by atoms with Crippen LogP contribution in [0.4, 0.5) is 5.69 Å². The highest BCUT2D eigenvalue weighted by molar-refractivity contribution is 6.04. The molecule has 20 heavy (non-hydrogen) atoms. The highest BCUT2D eigenvalue weighted by Crippen LogP contribution is 2.18. The second kappa shape index (κ2) is 6.09. The van der Waals surface area contributed by atoms with E-state index in [1.165, 1.54) is 6.26 Å². The van der Waals surface area contributed by atoms with Gasteiger partial charge in [0.2, 0.25) is 0 Å². The van der Waals surface area contributed by atoms with Crippen molar-refractivity contribution in [3.05, 3.63) is 53.0 Å². The summed E-state index contributed by atoms with van der Waals surface area (Å²) in [5.74, 6) is 5.82. The van der Waals surface area contributed by atoms with Crippen LogP contribution in [0.2, 0.25) is 0 Å². The van der Waals surface area contributed by atoms with Gasteiger partial charge in [0.1, 0.15) is 18.6 Å². The van der Waals surface area contributed by atoms with E-state index >= 15 is 0 Å². The Labute approximate surface area is 117 Å². The largest absolute Gasteiger partial charge is 0.469 e. The van der Waals surface area contributed by atoms with Gasteiger partial charge in [-0.1, -0.05) is 17.9 Å². The van der Waals surface area contributed by atoms with Crippen LogP contribution in [-0.2, 0) is 0 Å². The number of hydrogen-bond donors (Lipinski definition) is 2. The predicted molar refractivity (Wildman–Crippen MR) is 76.5 cm³/mol. The Balaban J connectivity index is 2.28. The number of carbonyl (C=O) groups excluding carboxylic acids is 1. The van der Waals surface area contributed by atoms with Crippen LogP contribution in [0.5, 0.6) is 0 Å². The van der Waals surface area contributed by atoms with Crippen molar-refractivity contribution in [2.45, 2.75) is 13.8 Å². The Bertz CT molecular complexity index is 689. The molecule has 0 spiro atoms. The third kappa shape index (κ3) is 3.28. The zero-order valence-corrected chi connectivity index (χ0v) is 11.4. The van der Waals surface area contributed by atoms with Crippen LogP contribution in [0.3, 0.4) is 0 Å². The molecule has 0 unspecified atom stereocenters. The SMILES string of the molecule is Cc1ccc(C#CCO)c(NC(=O)c2coc(C)c2)c1. The van der Waals surface area contributed by atoms with Crippen LogP contribution in [0, 0.1) is 25.7 Å². The Morgan fingerprint density at radius 3 is 2.80 bits per heavy atom. The third-order valence-electron chi connectivity index (χ3n) is 2.72. The van der Waals surface area contributed by atoms with Crippen LogP contribution in [-0.4, -0.2) is 17.6 Å². The molecule has 0 saturated heterocycles. The van der Waals surface area contributed by atoms with Gasteiger partial charge in [-0.3, -0.25) is 4.79 Å². The van der Waals surface area contributed by atoms with E-state index in [0.29, 0.717) is 22.6 Å². The zero-order valence-electron chi connectivity index (χ0n) is 11.4. The fourth-order valence-corrected chi connectivity index (χ4v) is 1.76. The van der Waals surface area contributed by atoms with E-state index in [-0.39, 0.29) is 12.5 Å². The van der Waals surface area contributed by atoms with Gasteiger partial charge in [-0.2, -0.15) is 0 Å². The second-order valence-electron chi connectivity index (χ2n) is 4.41. The topological polar surface area (TPSA) is 62.5 Å². The van der Waals surface area contributed by atoms with Gasteiger partial charge >= 0.3 is 0 Å². The highest BCUT2D eigenvalue weighted by Gasteiger charge is 2.11. The van der Waals surface area contributed by atoms with Gasteiger partial charge in [0, 0.05) is 5.56 Å².